The molecule has 0 bridgehead atoms. The van der Waals surface area contributed by atoms with Crippen LogP contribution >= 0.6 is 23.4 Å². The quantitative estimate of drug-likeness (QED) is 0.385. The average Bonchev–Trinajstić information content (AvgIpc) is 3.23. The highest BCUT2D eigenvalue weighted by atomic mass is 35.5. The number of ether oxygens (including phenoxy) is 1. The minimum absolute atomic E-state index is 0.163. The maximum absolute atomic E-state index is 12.4. The Kier molecular flexibility index (Phi) is 6.54. The van der Waals surface area contributed by atoms with Gasteiger partial charge in [0.1, 0.15) is 5.75 Å². The van der Waals surface area contributed by atoms with E-state index in [9.17, 15) is 4.79 Å². The summed E-state index contributed by atoms with van der Waals surface area (Å²) in [6, 6.07) is 24.7. The molecule has 0 aliphatic carbocycles. The zero-order valence-electron chi connectivity index (χ0n) is 16.7. The second kappa shape index (κ2) is 9.68. The van der Waals surface area contributed by atoms with Crippen LogP contribution in [0.25, 0.3) is 17.1 Å². The fraction of sp³-hybridized carbons (Fsp3) is 0.0870. The van der Waals surface area contributed by atoms with E-state index in [-0.39, 0.29) is 11.7 Å². The molecule has 0 saturated carbocycles. The number of amides is 1. The molecule has 3 aromatic carbocycles. The van der Waals surface area contributed by atoms with Gasteiger partial charge in [-0.05, 0) is 30.3 Å². The minimum atomic E-state index is -0.177. The van der Waals surface area contributed by atoms with Crippen LogP contribution in [0.5, 0.6) is 5.75 Å². The highest BCUT2D eigenvalue weighted by Crippen LogP contribution is 2.28. The van der Waals surface area contributed by atoms with Gasteiger partial charge in [0.2, 0.25) is 11.1 Å². The largest absolute Gasteiger partial charge is 0.495 e. The Morgan fingerprint density at radius 1 is 1.06 bits per heavy atom. The predicted octanol–water partition coefficient (Wildman–Crippen LogP) is 5.33. The van der Waals surface area contributed by atoms with E-state index in [2.05, 4.69) is 15.4 Å². The molecule has 1 N–H and O–H groups in total. The van der Waals surface area contributed by atoms with Crippen LogP contribution < -0.4 is 10.1 Å². The van der Waals surface area contributed by atoms with Gasteiger partial charge in [-0.1, -0.05) is 71.9 Å². The predicted molar refractivity (Wildman–Crippen MR) is 124 cm³/mol. The summed E-state index contributed by atoms with van der Waals surface area (Å²) in [5, 5.41) is 8.40. The van der Waals surface area contributed by atoms with Crippen molar-refractivity contribution in [3.8, 4) is 22.8 Å². The van der Waals surface area contributed by atoms with E-state index < -0.39 is 0 Å². The summed E-state index contributed by atoms with van der Waals surface area (Å²) < 4.78 is 6.92. The molecule has 8 heteroatoms. The van der Waals surface area contributed by atoms with Gasteiger partial charge in [0.15, 0.2) is 5.82 Å². The number of methoxy groups -OCH3 is 1. The molecule has 6 nitrogen and oxygen atoms in total. The summed E-state index contributed by atoms with van der Waals surface area (Å²) in [6.45, 7) is 0. The SMILES string of the molecule is COc1ccc(NC(=O)CSc2nc(-c3ccccc3)n(-c3ccccc3)n2)cc1Cl. The molecular weight excluding hydrogens is 432 g/mol. The van der Waals surface area contributed by atoms with Crippen molar-refractivity contribution in [3.05, 3.63) is 83.9 Å². The number of hydrogen-bond acceptors (Lipinski definition) is 5. The fourth-order valence-electron chi connectivity index (χ4n) is 2.95. The topological polar surface area (TPSA) is 69.0 Å². The average molecular weight is 451 g/mol. The molecule has 1 amide bonds. The number of nitrogens with one attached hydrogen (secondary N) is 1. The van der Waals surface area contributed by atoms with Gasteiger partial charge in [0.05, 0.1) is 23.6 Å². The van der Waals surface area contributed by atoms with Crippen molar-refractivity contribution in [2.24, 2.45) is 0 Å². The first-order chi connectivity index (χ1) is 15.1. The number of halogens is 1. The summed E-state index contributed by atoms with van der Waals surface area (Å²) in [5.74, 6) is 1.26. The molecule has 0 fully saturated rings. The number of benzene rings is 3. The van der Waals surface area contributed by atoms with Crippen LogP contribution in [-0.2, 0) is 4.79 Å². The molecule has 156 valence electrons. The molecule has 0 radical (unpaired) electrons. The highest BCUT2D eigenvalue weighted by Gasteiger charge is 2.15. The molecule has 31 heavy (non-hydrogen) atoms. The molecule has 1 aromatic heterocycles. The van der Waals surface area contributed by atoms with Crippen LogP contribution in [0.1, 0.15) is 0 Å². The van der Waals surface area contributed by atoms with Gasteiger partial charge in [-0.15, -0.1) is 5.10 Å². The fourth-order valence-corrected chi connectivity index (χ4v) is 3.83. The monoisotopic (exact) mass is 450 g/mol. The second-order valence-corrected chi connectivity index (χ2v) is 7.87. The van der Waals surface area contributed by atoms with E-state index in [0.29, 0.717) is 21.6 Å². The number of anilines is 1. The van der Waals surface area contributed by atoms with E-state index in [1.54, 1.807) is 30.0 Å². The third-order valence-corrected chi connectivity index (χ3v) is 5.52. The van der Waals surface area contributed by atoms with E-state index in [1.807, 2.05) is 60.7 Å². The maximum atomic E-state index is 12.4. The first-order valence-electron chi connectivity index (χ1n) is 9.48. The van der Waals surface area contributed by atoms with Gasteiger partial charge < -0.3 is 10.1 Å². The van der Waals surface area contributed by atoms with Gasteiger partial charge in [-0.25, -0.2) is 9.67 Å². The van der Waals surface area contributed by atoms with Crippen molar-refractivity contribution in [2.75, 3.05) is 18.2 Å². The lowest BCUT2D eigenvalue weighted by molar-refractivity contribution is -0.113. The molecule has 0 aliphatic rings. The smallest absolute Gasteiger partial charge is 0.234 e. The van der Waals surface area contributed by atoms with Crippen LogP contribution in [0.15, 0.2) is 84.0 Å². The van der Waals surface area contributed by atoms with Gasteiger partial charge in [0.25, 0.3) is 0 Å². The van der Waals surface area contributed by atoms with Crippen LogP contribution in [0.2, 0.25) is 5.02 Å². The Labute approximate surface area is 189 Å². The molecule has 4 rings (SSSR count). The van der Waals surface area contributed by atoms with Gasteiger partial charge in [0, 0.05) is 11.3 Å². The van der Waals surface area contributed by atoms with Crippen LogP contribution in [0.4, 0.5) is 5.69 Å². The number of aromatic nitrogens is 3. The number of para-hydroxylation sites is 1. The van der Waals surface area contributed by atoms with Gasteiger partial charge >= 0.3 is 0 Å². The van der Waals surface area contributed by atoms with E-state index >= 15 is 0 Å². The third-order valence-electron chi connectivity index (χ3n) is 4.39. The van der Waals surface area contributed by atoms with Crippen molar-refractivity contribution in [1.82, 2.24) is 14.8 Å². The van der Waals surface area contributed by atoms with Crippen molar-refractivity contribution < 1.29 is 9.53 Å². The van der Waals surface area contributed by atoms with Gasteiger partial charge in [-0.3, -0.25) is 4.79 Å². The summed E-state index contributed by atoms with van der Waals surface area (Å²) in [5.41, 5.74) is 2.45. The number of carbonyl (C=O) groups is 1. The zero-order valence-corrected chi connectivity index (χ0v) is 18.2. The number of hydrogen-bond donors (Lipinski definition) is 1. The molecule has 0 spiro atoms. The summed E-state index contributed by atoms with van der Waals surface area (Å²) >= 11 is 7.39. The van der Waals surface area contributed by atoms with Crippen molar-refractivity contribution in [3.63, 3.8) is 0 Å². The molecule has 0 saturated heterocycles. The zero-order chi connectivity index (χ0) is 21.6. The van der Waals surface area contributed by atoms with Crippen molar-refractivity contribution >= 4 is 35.0 Å². The number of thioether (sulfide) groups is 1. The first kappa shape index (κ1) is 21.0. The van der Waals surface area contributed by atoms with E-state index in [1.165, 1.54) is 11.8 Å². The van der Waals surface area contributed by atoms with Crippen LogP contribution in [-0.4, -0.2) is 33.5 Å². The van der Waals surface area contributed by atoms with Gasteiger partial charge in [-0.2, -0.15) is 0 Å². The minimum Gasteiger partial charge on any atom is -0.495 e. The summed E-state index contributed by atoms with van der Waals surface area (Å²) in [7, 11) is 1.54. The molecule has 4 aromatic rings. The Morgan fingerprint density at radius 3 is 2.45 bits per heavy atom. The van der Waals surface area contributed by atoms with Crippen LogP contribution in [0, 0.1) is 0 Å². The lowest BCUT2D eigenvalue weighted by Gasteiger charge is -2.07. The van der Waals surface area contributed by atoms with Crippen molar-refractivity contribution in [1.29, 1.82) is 0 Å². The molecular formula is C23H19ClN4O2S. The number of rotatable bonds is 7. The Hall–Kier alpha value is -3.29. The molecule has 0 unspecified atom stereocenters. The number of nitrogens with zero attached hydrogens (tertiary/aromatic N) is 3. The molecule has 0 aliphatic heterocycles. The third kappa shape index (κ3) is 5.07. The number of carbonyl (C=O) groups excluding carboxylic acids is 1. The van der Waals surface area contributed by atoms with Crippen LogP contribution in [0.3, 0.4) is 0 Å². The van der Waals surface area contributed by atoms with E-state index in [0.717, 1.165) is 17.1 Å². The summed E-state index contributed by atoms with van der Waals surface area (Å²) in [4.78, 5) is 17.1. The maximum Gasteiger partial charge on any atom is 0.234 e. The summed E-state index contributed by atoms with van der Waals surface area (Å²) in [6.07, 6.45) is 0. The lowest BCUT2D eigenvalue weighted by atomic mass is 10.2. The van der Waals surface area contributed by atoms with Crippen molar-refractivity contribution in [2.45, 2.75) is 5.16 Å². The molecule has 1 heterocycles. The normalized spacial score (nSPS) is 10.6. The molecule has 0 atom stereocenters. The highest BCUT2D eigenvalue weighted by molar-refractivity contribution is 7.99. The Balaban J connectivity index is 1.50. The first-order valence-corrected chi connectivity index (χ1v) is 10.8. The lowest BCUT2D eigenvalue weighted by Crippen LogP contribution is -2.14. The standard InChI is InChI=1S/C23H19ClN4O2S/c1-30-20-13-12-17(14-19(20)24)25-21(29)15-31-23-26-22(16-8-4-2-5-9-16)28(27-23)18-10-6-3-7-11-18/h2-14H,15H2,1H3,(H,25,29). The van der Waals surface area contributed by atoms with E-state index in [4.69, 9.17) is 16.3 Å². The Morgan fingerprint density at radius 2 is 1.77 bits per heavy atom. The second-order valence-electron chi connectivity index (χ2n) is 6.52. The Bertz CT molecular complexity index is 1130.